The van der Waals surface area contributed by atoms with Gasteiger partial charge in [0.15, 0.2) is 11.4 Å². The Kier molecular flexibility index (Phi) is 6.50. The average Bonchev–Trinajstić information content (AvgIpc) is 3.23. The molecule has 0 spiro atoms. The Morgan fingerprint density at radius 3 is 2.34 bits per heavy atom. The third-order valence-electron chi connectivity index (χ3n) is 5.52. The summed E-state index contributed by atoms with van der Waals surface area (Å²) in [5.74, 6) is -7.04. The van der Waals surface area contributed by atoms with Gasteiger partial charge in [-0.3, -0.25) is 14.8 Å². The fraction of sp³-hybridized carbons (Fsp3) is 0.174. The Morgan fingerprint density at radius 2 is 1.77 bits per heavy atom. The molecule has 35 heavy (non-hydrogen) atoms. The summed E-state index contributed by atoms with van der Waals surface area (Å²) in [7, 11) is 1.43. The highest BCUT2D eigenvalue weighted by Gasteiger charge is 2.58. The number of hydrazine groups is 2. The quantitative estimate of drug-likeness (QED) is 0.374. The molecule has 0 amide bonds. The zero-order valence-corrected chi connectivity index (χ0v) is 18.8. The van der Waals surface area contributed by atoms with Crippen LogP contribution >= 0.6 is 11.6 Å². The summed E-state index contributed by atoms with van der Waals surface area (Å²) in [6.45, 7) is -0.872. The molecule has 3 aromatic rings. The molecule has 0 saturated heterocycles. The number of halogens is 5. The van der Waals surface area contributed by atoms with Crippen LogP contribution in [0.4, 0.5) is 17.6 Å². The van der Waals surface area contributed by atoms with E-state index in [0.29, 0.717) is 11.1 Å². The van der Waals surface area contributed by atoms with Gasteiger partial charge < -0.3 is 5.11 Å². The molecule has 0 fully saturated rings. The number of carbonyl (C=O) groups excluding carboxylic acids is 1. The SMILES string of the molecule is CN1NN=CN1CC(O)(c1ccc(F)cc1F)C(F)(F)c1ccc(C(=O)c2ccc(Cl)cc2)cn1. The Hall–Kier alpha value is -3.54. The molecule has 2 aromatic carbocycles. The predicted molar refractivity (Wildman–Crippen MR) is 119 cm³/mol. The van der Waals surface area contributed by atoms with Crippen molar-refractivity contribution >= 4 is 23.7 Å². The largest absolute Gasteiger partial charge is 0.377 e. The van der Waals surface area contributed by atoms with Crippen LogP contribution in [0.25, 0.3) is 0 Å². The van der Waals surface area contributed by atoms with Crippen molar-refractivity contribution in [1.82, 2.24) is 20.6 Å². The predicted octanol–water partition coefficient (Wildman–Crippen LogP) is 3.83. The van der Waals surface area contributed by atoms with Gasteiger partial charge in [0.25, 0.3) is 0 Å². The monoisotopic (exact) mass is 507 g/mol. The van der Waals surface area contributed by atoms with Gasteiger partial charge in [0.1, 0.15) is 23.7 Å². The standard InChI is InChI=1S/C23H18ClF4N5O2/c1-32-31-30-13-33(32)12-22(35,18-8-7-17(25)10-19(18)26)23(27,28)20-9-4-15(11-29-20)21(34)14-2-5-16(24)6-3-14/h2-11,13,31,35H,12H2,1H3. The van der Waals surface area contributed by atoms with Crippen LogP contribution in [0, 0.1) is 11.6 Å². The Labute approximate surface area is 202 Å². The van der Waals surface area contributed by atoms with Gasteiger partial charge in [0.2, 0.25) is 0 Å². The second-order valence-electron chi connectivity index (χ2n) is 7.79. The maximum atomic E-state index is 15.9. The normalized spacial score (nSPS) is 15.7. The Morgan fingerprint density at radius 1 is 1.09 bits per heavy atom. The summed E-state index contributed by atoms with van der Waals surface area (Å²) in [4.78, 5) is 16.4. The van der Waals surface area contributed by atoms with Crippen molar-refractivity contribution in [1.29, 1.82) is 0 Å². The number of rotatable bonds is 7. The van der Waals surface area contributed by atoms with E-state index in [2.05, 4.69) is 15.6 Å². The number of hydrogen-bond donors (Lipinski definition) is 2. The molecule has 12 heteroatoms. The number of aromatic nitrogens is 1. The van der Waals surface area contributed by atoms with Crippen LogP contribution in [0.2, 0.25) is 5.02 Å². The van der Waals surface area contributed by atoms with Gasteiger partial charge in [-0.2, -0.15) is 13.9 Å². The van der Waals surface area contributed by atoms with Crippen LogP contribution < -0.4 is 5.53 Å². The molecule has 0 saturated carbocycles. The minimum Gasteiger partial charge on any atom is -0.377 e. The highest BCUT2D eigenvalue weighted by atomic mass is 35.5. The molecule has 0 radical (unpaired) electrons. The summed E-state index contributed by atoms with van der Waals surface area (Å²) in [5.41, 5.74) is -2.25. The van der Waals surface area contributed by atoms with Crippen LogP contribution in [0.5, 0.6) is 0 Å². The second kappa shape index (κ2) is 9.25. The van der Waals surface area contributed by atoms with Gasteiger partial charge >= 0.3 is 5.92 Å². The summed E-state index contributed by atoms with van der Waals surface area (Å²) in [5, 5.41) is 17.7. The first kappa shape index (κ1) is 24.6. The van der Waals surface area contributed by atoms with E-state index in [1.54, 1.807) is 0 Å². The first-order chi connectivity index (χ1) is 16.5. The van der Waals surface area contributed by atoms with Gasteiger partial charge in [0, 0.05) is 41.0 Å². The van der Waals surface area contributed by atoms with Gasteiger partial charge in [-0.25, -0.2) is 14.3 Å². The number of benzene rings is 2. The number of carbonyl (C=O) groups is 1. The molecule has 1 aliphatic heterocycles. The molecule has 4 rings (SSSR count). The lowest BCUT2D eigenvalue weighted by Gasteiger charge is -2.39. The van der Waals surface area contributed by atoms with Crippen LogP contribution in [0.3, 0.4) is 0 Å². The molecule has 2 heterocycles. The topological polar surface area (TPSA) is 81.1 Å². The smallest absolute Gasteiger partial charge is 0.323 e. The van der Waals surface area contributed by atoms with Crippen molar-refractivity contribution in [3.05, 3.63) is 99.8 Å². The lowest BCUT2D eigenvalue weighted by atomic mass is 9.84. The first-order valence-electron chi connectivity index (χ1n) is 10.1. The maximum absolute atomic E-state index is 15.9. The van der Waals surface area contributed by atoms with Crippen LogP contribution in [-0.2, 0) is 11.5 Å². The number of nitrogens with one attached hydrogen (secondary N) is 1. The molecule has 0 aliphatic carbocycles. The highest BCUT2D eigenvalue weighted by molar-refractivity contribution is 6.30. The lowest BCUT2D eigenvalue weighted by molar-refractivity contribution is -0.214. The van der Waals surface area contributed by atoms with E-state index >= 15 is 8.78 Å². The third kappa shape index (κ3) is 4.57. The van der Waals surface area contributed by atoms with Crippen molar-refractivity contribution in [2.45, 2.75) is 11.5 Å². The summed E-state index contributed by atoms with van der Waals surface area (Å²) < 4.78 is 59.9. The fourth-order valence-corrected chi connectivity index (χ4v) is 3.69. The van der Waals surface area contributed by atoms with Crippen molar-refractivity contribution in [3.63, 3.8) is 0 Å². The molecular formula is C23H18ClF4N5O2. The zero-order chi connectivity index (χ0) is 25.4. The number of ketones is 1. The molecule has 1 unspecified atom stereocenters. The van der Waals surface area contributed by atoms with Gasteiger partial charge in [-0.05, 0) is 48.5 Å². The molecule has 1 aliphatic rings. The number of hydrogen-bond acceptors (Lipinski definition) is 7. The second-order valence-corrected chi connectivity index (χ2v) is 8.23. The fourth-order valence-electron chi connectivity index (χ4n) is 3.56. The van der Waals surface area contributed by atoms with E-state index in [0.717, 1.165) is 41.8 Å². The van der Waals surface area contributed by atoms with E-state index in [-0.39, 0.29) is 11.1 Å². The van der Waals surface area contributed by atoms with Crippen molar-refractivity contribution in [2.24, 2.45) is 5.10 Å². The number of aliphatic hydroxyl groups is 1. The van der Waals surface area contributed by atoms with Gasteiger partial charge in [0.05, 0.1) is 6.54 Å². The third-order valence-corrected chi connectivity index (χ3v) is 5.77. The summed E-state index contributed by atoms with van der Waals surface area (Å²) in [6, 6.07) is 9.88. The zero-order valence-electron chi connectivity index (χ0n) is 18.1. The number of alkyl halides is 2. The van der Waals surface area contributed by atoms with E-state index < -0.39 is 46.7 Å². The van der Waals surface area contributed by atoms with E-state index in [4.69, 9.17) is 11.6 Å². The molecule has 7 nitrogen and oxygen atoms in total. The Balaban J connectivity index is 1.73. The molecule has 0 bridgehead atoms. The van der Waals surface area contributed by atoms with E-state index in [1.165, 1.54) is 36.4 Å². The number of nitrogens with zero attached hydrogens (tertiary/aromatic N) is 4. The van der Waals surface area contributed by atoms with E-state index in [9.17, 15) is 18.7 Å². The average molecular weight is 508 g/mol. The molecule has 2 N–H and O–H groups in total. The molecule has 182 valence electrons. The first-order valence-corrected chi connectivity index (χ1v) is 10.5. The van der Waals surface area contributed by atoms with E-state index in [1.807, 2.05) is 0 Å². The molecule has 1 aromatic heterocycles. The highest BCUT2D eigenvalue weighted by Crippen LogP contribution is 2.46. The number of pyridine rings is 1. The minimum absolute atomic E-state index is 0.0129. The summed E-state index contributed by atoms with van der Waals surface area (Å²) in [6.07, 6.45) is 2.05. The number of β-amino-alcohol motifs (C(OH)–C–C–N with tert-alkyl or cyclic N) is 1. The molecular weight excluding hydrogens is 490 g/mol. The maximum Gasteiger partial charge on any atom is 0.323 e. The van der Waals surface area contributed by atoms with Crippen molar-refractivity contribution < 1.29 is 27.5 Å². The van der Waals surface area contributed by atoms with Crippen LogP contribution in [0.15, 0.2) is 65.9 Å². The van der Waals surface area contributed by atoms with Crippen LogP contribution in [0.1, 0.15) is 27.2 Å². The lowest BCUT2D eigenvalue weighted by Crippen LogP contribution is -2.55. The Bertz CT molecular complexity index is 1270. The van der Waals surface area contributed by atoms with Crippen LogP contribution in [-0.4, -0.2) is 45.9 Å². The van der Waals surface area contributed by atoms with Crippen molar-refractivity contribution in [2.75, 3.05) is 13.6 Å². The summed E-state index contributed by atoms with van der Waals surface area (Å²) >= 11 is 5.82. The number of hydrazone groups is 1. The molecule has 1 atom stereocenters. The van der Waals surface area contributed by atoms with Crippen molar-refractivity contribution in [3.8, 4) is 0 Å². The van der Waals surface area contributed by atoms with Gasteiger partial charge in [-0.1, -0.05) is 11.6 Å². The van der Waals surface area contributed by atoms with Gasteiger partial charge in [-0.15, -0.1) is 5.12 Å². The minimum atomic E-state index is -4.19.